The van der Waals surface area contributed by atoms with E-state index in [4.69, 9.17) is 14.2 Å². The molecule has 0 aliphatic carbocycles. The lowest BCUT2D eigenvalue weighted by molar-refractivity contribution is -0.301. The van der Waals surface area contributed by atoms with Crippen LogP contribution in [0.5, 0.6) is 0 Å². The van der Waals surface area contributed by atoms with E-state index in [1.54, 1.807) is 13.2 Å². The van der Waals surface area contributed by atoms with E-state index in [-0.39, 0.29) is 30.8 Å². The van der Waals surface area contributed by atoms with Crippen molar-refractivity contribution in [3.63, 3.8) is 0 Å². The van der Waals surface area contributed by atoms with E-state index in [9.17, 15) is 15.0 Å². The van der Waals surface area contributed by atoms with E-state index in [1.807, 2.05) is 26.8 Å². The maximum atomic E-state index is 12.2. The second-order valence-electron chi connectivity index (χ2n) is 7.38. The molecule has 2 aliphatic rings. The van der Waals surface area contributed by atoms with Crippen LogP contribution >= 0.6 is 0 Å². The number of carbonyl (C=O) groups is 1. The number of ether oxygens (including phenoxy) is 3. The van der Waals surface area contributed by atoms with Crippen molar-refractivity contribution in [1.29, 1.82) is 0 Å². The Morgan fingerprint density at radius 1 is 1.40 bits per heavy atom. The maximum absolute atomic E-state index is 12.2. The maximum Gasteiger partial charge on any atom is 0.311 e. The minimum atomic E-state index is -1.75. The van der Waals surface area contributed by atoms with Crippen molar-refractivity contribution in [2.24, 2.45) is 11.8 Å². The Labute approximate surface area is 149 Å². The van der Waals surface area contributed by atoms with Crippen molar-refractivity contribution >= 4 is 5.97 Å². The molecule has 0 aromatic heterocycles. The van der Waals surface area contributed by atoms with Crippen molar-refractivity contribution in [3.05, 3.63) is 24.3 Å². The van der Waals surface area contributed by atoms with Crippen LogP contribution in [0, 0.1) is 11.8 Å². The van der Waals surface area contributed by atoms with Gasteiger partial charge >= 0.3 is 5.97 Å². The van der Waals surface area contributed by atoms with Crippen LogP contribution < -0.4 is 0 Å². The van der Waals surface area contributed by atoms with Gasteiger partial charge in [0.1, 0.15) is 6.10 Å². The number of esters is 1. The highest BCUT2D eigenvalue weighted by Crippen LogP contribution is 2.38. The fourth-order valence-corrected chi connectivity index (χ4v) is 3.74. The smallest absolute Gasteiger partial charge is 0.311 e. The second-order valence-corrected chi connectivity index (χ2v) is 7.38. The fraction of sp³-hybridized carbons (Fsp3) is 0.737. The zero-order chi connectivity index (χ0) is 18.8. The Bertz CT molecular complexity index is 530. The minimum absolute atomic E-state index is 0.0300. The molecule has 1 fully saturated rings. The Kier molecular flexibility index (Phi) is 6.43. The van der Waals surface area contributed by atoms with Crippen LogP contribution in [-0.2, 0) is 19.0 Å². The van der Waals surface area contributed by atoms with E-state index in [1.165, 1.54) is 0 Å². The van der Waals surface area contributed by atoms with Crippen molar-refractivity contribution < 1.29 is 29.2 Å². The van der Waals surface area contributed by atoms with Crippen LogP contribution in [0.1, 0.15) is 40.0 Å². The SMILES string of the molecule is C=C[C@H]1C/C(C)=C/[C@@H](OC)[C@@H](C)[C@H]2O[C@](O)(CC(=O)O1)C[C@H](O)[C@H]2C. The lowest BCUT2D eigenvalue weighted by Crippen LogP contribution is -2.55. The molecule has 25 heavy (non-hydrogen) atoms. The van der Waals surface area contributed by atoms with Crippen LogP contribution in [-0.4, -0.2) is 53.5 Å². The topological polar surface area (TPSA) is 85.2 Å². The Balaban J connectivity index is 2.41. The van der Waals surface area contributed by atoms with Crippen molar-refractivity contribution in [3.8, 4) is 0 Å². The third-order valence-electron chi connectivity index (χ3n) is 5.26. The van der Waals surface area contributed by atoms with Gasteiger partial charge in [0, 0.05) is 31.8 Å². The molecule has 142 valence electrons. The molecule has 2 heterocycles. The lowest BCUT2D eigenvalue weighted by atomic mass is 9.80. The first-order valence-electron chi connectivity index (χ1n) is 8.79. The van der Waals surface area contributed by atoms with Crippen molar-refractivity contribution in [2.75, 3.05) is 7.11 Å². The summed E-state index contributed by atoms with van der Waals surface area (Å²) < 4.78 is 16.9. The molecule has 1 saturated heterocycles. The average Bonchev–Trinajstić information content (AvgIpc) is 2.53. The average molecular weight is 354 g/mol. The van der Waals surface area contributed by atoms with Gasteiger partial charge in [-0.1, -0.05) is 38.2 Å². The summed E-state index contributed by atoms with van der Waals surface area (Å²) in [7, 11) is 1.62. The Hall–Kier alpha value is -1.21. The molecule has 0 aromatic rings. The molecule has 2 bridgehead atoms. The Morgan fingerprint density at radius 3 is 2.68 bits per heavy atom. The molecule has 6 nitrogen and oxygen atoms in total. The number of aliphatic hydroxyl groups is 2. The molecule has 2 rings (SSSR count). The third-order valence-corrected chi connectivity index (χ3v) is 5.26. The van der Waals surface area contributed by atoms with Gasteiger partial charge in [-0.05, 0) is 6.92 Å². The van der Waals surface area contributed by atoms with E-state index in [0.717, 1.165) is 5.57 Å². The first-order chi connectivity index (χ1) is 11.7. The van der Waals surface area contributed by atoms with Gasteiger partial charge in [-0.3, -0.25) is 4.79 Å². The largest absolute Gasteiger partial charge is 0.458 e. The van der Waals surface area contributed by atoms with Crippen LogP contribution in [0.3, 0.4) is 0 Å². The number of fused-ring (bicyclic) bond motifs is 2. The second kappa shape index (κ2) is 7.99. The highest BCUT2D eigenvalue weighted by Gasteiger charge is 2.48. The number of hydrogen-bond donors (Lipinski definition) is 2. The molecular formula is C19H30O6. The van der Waals surface area contributed by atoms with E-state index in [2.05, 4.69) is 6.58 Å². The molecule has 6 heteroatoms. The number of hydrogen-bond acceptors (Lipinski definition) is 6. The quantitative estimate of drug-likeness (QED) is 0.582. The van der Waals surface area contributed by atoms with Gasteiger partial charge in [0.2, 0.25) is 0 Å². The standard InChI is InChI=1S/C19H30O6/c1-6-14-7-11(2)8-16(23-5)13(4)18-12(3)15(20)9-19(22,25-18)10-17(21)24-14/h6,8,12-16,18,20,22H,1,7,9-10H2,2-5H3/b11-8+/t12-,13-,14+,15+,16-,18+,19+/m1/s1. The summed E-state index contributed by atoms with van der Waals surface area (Å²) in [6.45, 7) is 9.50. The van der Waals surface area contributed by atoms with E-state index < -0.39 is 30.1 Å². The van der Waals surface area contributed by atoms with E-state index >= 15 is 0 Å². The third kappa shape index (κ3) is 4.70. The van der Waals surface area contributed by atoms with Gasteiger partial charge in [-0.25, -0.2) is 0 Å². The predicted octanol–water partition coefficient (Wildman–Crippen LogP) is 1.95. The number of aliphatic hydroxyl groups excluding tert-OH is 1. The summed E-state index contributed by atoms with van der Waals surface area (Å²) in [4.78, 5) is 12.2. The van der Waals surface area contributed by atoms with Gasteiger partial charge in [0.05, 0.1) is 24.7 Å². The molecule has 0 aromatic carbocycles. The first kappa shape index (κ1) is 20.1. The zero-order valence-electron chi connectivity index (χ0n) is 15.5. The van der Waals surface area contributed by atoms with E-state index in [0.29, 0.717) is 6.42 Å². The molecule has 0 radical (unpaired) electrons. The molecule has 2 N–H and O–H groups in total. The Morgan fingerprint density at radius 2 is 2.08 bits per heavy atom. The number of methoxy groups -OCH3 is 1. The summed E-state index contributed by atoms with van der Waals surface area (Å²) in [6, 6.07) is 0. The predicted molar refractivity (Wildman–Crippen MR) is 92.6 cm³/mol. The number of cyclic esters (lactones) is 1. The van der Waals surface area contributed by atoms with Crippen LogP contribution in [0.2, 0.25) is 0 Å². The summed E-state index contributed by atoms with van der Waals surface area (Å²) in [5.41, 5.74) is 1.01. The summed E-state index contributed by atoms with van der Waals surface area (Å²) >= 11 is 0. The molecule has 0 amide bonds. The summed E-state index contributed by atoms with van der Waals surface area (Å²) in [5.74, 6) is -2.63. The van der Waals surface area contributed by atoms with Crippen LogP contribution in [0.4, 0.5) is 0 Å². The van der Waals surface area contributed by atoms with Crippen molar-refractivity contribution in [1.82, 2.24) is 0 Å². The first-order valence-corrected chi connectivity index (χ1v) is 8.79. The fourth-order valence-electron chi connectivity index (χ4n) is 3.74. The van der Waals surface area contributed by atoms with Gasteiger partial charge in [-0.15, -0.1) is 0 Å². The lowest BCUT2D eigenvalue weighted by Gasteiger charge is -2.46. The molecular weight excluding hydrogens is 324 g/mol. The highest BCUT2D eigenvalue weighted by molar-refractivity contribution is 5.70. The molecule has 7 atom stereocenters. The van der Waals surface area contributed by atoms with Gasteiger partial charge < -0.3 is 24.4 Å². The monoisotopic (exact) mass is 354 g/mol. The zero-order valence-corrected chi connectivity index (χ0v) is 15.5. The van der Waals surface area contributed by atoms with Gasteiger partial charge in [-0.2, -0.15) is 0 Å². The molecule has 0 unspecified atom stereocenters. The minimum Gasteiger partial charge on any atom is -0.458 e. The van der Waals surface area contributed by atoms with Gasteiger partial charge in [0.25, 0.3) is 0 Å². The number of carbonyl (C=O) groups excluding carboxylic acids is 1. The molecule has 0 saturated carbocycles. The van der Waals surface area contributed by atoms with Crippen LogP contribution in [0.15, 0.2) is 24.3 Å². The summed E-state index contributed by atoms with van der Waals surface area (Å²) in [5, 5.41) is 21.2. The van der Waals surface area contributed by atoms with Gasteiger partial charge in [0.15, 0.2) is 5.79 Å². The summed E-state index contributed by atoms with van der Waals surface area (Å²) in [6.07, 6.45) is 1.74. The van der Waals surface area contributed by atoms with Crippen LogP contribution in [0.25, 0.3) is 0 Å². The van der Waals surface area contributed by atoms with Crippen molar-refractivity contribution in [2.45, 2.75) is 70.2 Å². The molecule has 2 aliphatic heterocycles. The molecule has 0 spiro atoms. The highest BCUT2D eigenvalue weighted by atomic mass is 16.6. The number of rotatable bonds is 2. The normalized spacial score (nSPS) is 45.4.